The van der Waals surface area contributed by atoms with Crippen molar-refractivity contribution in [2.24, 2.45) is 0 Å². The van der Waals surface area contributed by atoms with Gasteiger partial charge in [-0.1, -0.05) is 68.4 Å². The molecule has 0 aliphatic rings. The summed E-state index contributed by atoms with van der Waals surface area (Å²) < 4.78 is 0. The highest BCUT2D eigenvalue weighted by atomic mass is 32.2. The zero-order chi connectivity index (χ0) is 24.9. The van der Waals surface area contributed by atoms with Gasteiger partial charge in [0.2, 0.25) is 5.91 Å². The summed E-state index contributed by atoms with van der Waals surface area (Å²) in [6.45, 7) is 3.44. The van der Waals surface area contributed by atoms with Crippen LogP contribution < -0.4 is 5.32 Å². The number of allylic oxidation sites excluding steroid dienone is 7. The van der Waals surface area contributed by atoms with Gasteiger partial charge in [-0.2, -0.15) is 0 Å². The number of unbranched alkanes of at least 4 members (excludes halogenated alkanes) is 3. The van der Waals surface area contributed by atoms with Crippen LogP contribution in [0.15, 0.2) is 48.6 Å². The highest BCUT2D eigenvalue weighted by Crippen LogP contribution is 2.21. The highest BCUT2D eigenvalue weighted by Gasteiger charge is 2.23. The number of thioether (sulfide) groups is 1. The molecule has 0 saturated carbocycles. The molecule has 0 radical (unpaired) electrons. The number of nitrogens with one attached hydrogen (secondary N) is 1. The first-order valence-electron chi connectivity index (χ1n) is 11.4. The van der Waals surface area contributed by atoms with E-state index in [2.05, 4.69) is 24.4 Å². The van der Waals surface area contributed by atoms with Gasteiger partial charge in [-0.3, -0.25) is 9.59 Å². The molecule has 3 atom stereocenters. The SMILES string of the molecule is CCCCC/C=C\C\C=C/C=C/C=C/[C@H](SC[C@H](NC(C)=O)C(=O)O)[C@@H](O)CCCC(=O)O. The zero-order valence-electron chi connectivity index (χ0n) is 19.7. The van der Waals surface area contributed by atoms with Crippen LogP contribution in [0, 0.1) is 0 Å². The molecule has 1 amide bonds. The topological polar surface area (TPSA) is 124 Å². The van der Waals surface area contributed by atoms with Crippen molar-refractivity contribution >= 4 is 29.6 Å². The fourth-order valence-corrected chi connectivity index (χ4v) is 4.01. The maximum Gasteiger partial charge on any atom is 0.327 e. The largest absolute Gasteiger partial charge is 0.481 e. The first kappa shape index (κ1) is 30.7. The predicted molar refractivity (Wildman–Crippen MR) is 134 cm³/mol. The van der Waals surface area contributed by atoms with E-state index in [1.54, 1.807) is 12.2 Å². The average molecular weight is 482 g/mol. The number of aliphatic hydroxyl groups excluding tert-OH is 1. The zero-order valence-corrected chi connectivity index (χ0v) is 20.5. The summed E-state index contributed by atoms with van der Waals surface area (Å²) in [6.07, 6.45) is 20.9. The Labute approximate surface area is 201 Å². The van der Waals surface area contributed by atoms with E-state index in [9.17, 15) is 24.6 Å². The minimum atomic E-state index is -1.15. The number of carboxylic acid groups (broad SMARTS) is 2. The molecule has 0 spiro atoms. The van der Waals surface area contributed by atoms with Gasteiger partial charge in [0.25, 0.3) is 0 Å². The van der Waals surface area contributed by atoms with E-state index in [-0.39, 0.29) is 18.6 Å². The van der Waals surface area contributed by atoms with Crippen molar-refractivity contribution in [3.05, 3.63) is 48.6 Å². The highest BCUT2D eigenvalue weighted by molar-refractivity contribution is 8.00. The molecule has 0 aliphatic heterocycles. The second-order valence-corrected chi connectivity index (χ2v) is 8.85. The lowest BCUT2D eigenvalue weighted by Gasteiger charge is -2.21. The molecule has 0 unspecified atom stereocenters. The van der Waals surface area contributed by atoms with Crippen LogP contribution >= 0.6 is 11.8 Å². The number of aliphatic carboxylic acids is 2. The molecule has 0 fully saturated rings. The van der Waals surface area contributed by atoms with Crippen LogP contribution in [0.2, 0.25) is 0 Å². The Bertz CT molecular complexity index is 686. The molecule has 8 heteroatoms. The predicted octanol–water partition coefficient (Wildman–Crippen LogP) is 4.49. The molecule has 186 valence electrons. The van der Waals surface area contributed by atoms with Crippen molar-refractivity contribution in [3.8, 4) is 0 Å². The Morgan fingerprint density at radius 3 is 2.33 bits per heavy atom. The number of carbonyl (C=O) groups excluding carboxylic acids is 1. The standard InChI is InChI=1S/C25H39NO6S/c1-3-4-5-6-7-8-9-10-11-12-13-14-17-23(22(28)16-15-18-24(29)30)33-19-21(25(31)32)26-20(2)27/h7-8,10-14,17,21-23,28H,3-6,9,15-16,18-19H2,1-2H3,(H,26,27)(H,29,30)(H,31,32)/b8-7-,11-10-,13-12+,17-14+/t21-,22-,23-/m0/s1. The Morgan fingerprint density at radius 2 is 1.70 bits per heavy atom. The number of hydrogen-bond acceptors (Lipinski definition) is 5. The van der Waals surface area contributed by atoms with E-state index < -0.39 is 35.2 Å². The minimum absolute atomic E-state index is 0.0421. The summed E-state index contributed by atoms with van der Waals surface area (Å²) in [4.78, 5) is 33.3. The van der Waals surface area contributed by atoms with E-state index >= 15 is 0 Å². The van der Waals surface area contributed by atoms with Crippen LogP contribution in [0.1, 0.15) is 65.2 Å². The summed E-state index contributed by atoms with van der Waals surface area (Å²) in [5, 5.41) is 30.5. The van der Waals surface area contributed by atoms with Crippen LogP contribution in [0.3, 0.4) is 0 Å². The smallest absolute Gasteiger partial charge is 0.327 e. The molecule has 7 nitrogen and oxygen atoms in total. The summed E-state index contributed by atoms with van der Waals surface area (Å²) in [6, 6.07) is -1.07. The molecule has 33 heavy (non-hydrogen) atoms. The van der Waals surface area contributed by atoms with Crippen molar-refractivity contribution in [2.45, 2.75) is 82.6 Å². The molecule has 0 aromatic carbocycles. The van der Waals surface area contributed by atoms with Crippen molar-refractivity contribution in [3.63, 3.8) is 0 Å². The monoisotopic (exact) mass is 481 g/mol. The molecular formula is C25H39NO6S. The lowest BCUT2D eigenvalue weighted by Crippen LogP contribution is -2.42. The van der Waals surface area contributed by atoms with Gasteiger partial charge in [-0.05, 0) is 32.1 Å². The van der Waals surface area contributed by atoms with Crippen molar-refractivity contribution in [2.75, 3.05) is 5.75 Å². The van der Waals surface area contributed by atoms with Gasteiger partial charge in [0, 0.05) is 24.3 Å². The third kappa shape index (κ3) is 18.9. The van der Waals surface area contributed by atoms with E-state index in [4.69, 9.17) is 5.11 Å². The van der Waals surface area contributed by atoms with Gasteiger partial charge >= 0.3 is 11.9 Å². The van der Waals surface area contributed by atoms with Crippen LogP contribution in [-0.4, -0.2) is 56.3 Å². The van der Waals surface area contributed by atoms with Crippen LogP contribution in [0.25, 0.3) is 0 Å². The molecule has 4 N–H and O–H groups in total. The Balaban J connectivity index is 4.78. The maximum atomic E-state index is 11.3. The van der Waals surface area contributed by atoms with Crippen molar-refractivity contribution < 1.29 is 29.7 Å². The lowest BCUT2D eigenvalue weighted by atomic mass is 10.1. The van der Waals surface area contributed by atoms with E-state index in [1.807, 2.05) is 24.3 Å². The van der Waals surface area contributed by atoms with E-state index in [0.29, 0.717) is 6.42 Å². The Kier molecular flexibility index (Phi) is 18.9. The number of carboxylic acids is 2. The first-order chi connectivity index (χ1) is 15.8. The maximum absolute atomic E-state index is 11.3. The average Bonchev–Trinajstić information content (AvgIpc) is 2.74. The first-order valence-corrected chi connectivity index (χ1v) is 12.5. The van der Waals surface area contributed by atoms with E-state index in [1.165, 1.54) is 37.9 Å². The number of carbonyl (C=O) groups is 3. The summed E-state index contributed by atoms with van der Waals surface area (Å²) >= 11 is 1.21. The van der Waals surface area contributed by atoms with Crippen LogP contribution in [0.4, 0.5) is 0 Å². The van der Waals surface area contributed by atoms with Gasteiger partial charge in [0.1, 0.15) is 6.04 Å². The van der Waals surface area contributed by atoms with Gasteiger partial charge in [-0.25, -0.2) is 4.79 Å². The molecule has 0 rings (SSSR count). The molecule has 0 heterocycles. The third-order valence-corrected chi connectivity index (χ3v) is 5.97. The molecule has 0 saturated heterocycles. The number of amides is 1. The lowest BCUT2D eigenvalue weighted by molar-refractivity contribution is -0.140. The minimum Gasteiger partial charge on any atom is -0.481 e. The molecule has 0 aliphatic carbocycles. The van der Waals surface area contributed by atoms with Crippen LogP contribution in [-0.2, 0) is 14.4 Å². The number of rotatable bonds is 19. The normalized spacial score (nSPS) is 14.9. The van der Waals surface area contributed by atoms with Crippen molar-refractivity contribution in [1.82, 2.24) is 5.32 Å². The van der Waals surface area contributed by atoms with Crippen molar-refractivity contribution in [1.29, 1.82) is 0 Å². The molecule has 0 bridgehead atoms. The third-order valence-electron chi connectivity index (χ3n) is 4.58. The van der Waals surface area contributed by atoms with Gasteiger partial charge < -0.3 is 20.6 Å². The molecule has 0 aromatic rings. The second-order valence-electron chi connectivity index (χ2n) is 7.64. The fourth-order valence-electron chi connectivity index (χ4n) is 2.81. The van der Waals surface area contributed by atoms with Gasteiger partial charge in [0.05, 0.1) is 6.10 Å². The summed E-state index contributed by atoms with van der Waals surface area (Å²) in [7, 11) is 0. The Hall–Kier alpha value is -2.32. The van der Waals surface area contributed by atoms with Crippen LogP contribution in [0.5, 0.6) is 0 Å². The summed E-state index contributed by atoms with van der Waals surface area (Å²) in [5.74, 6) is -2.44. The fraction of sp³-hybridized carbons (Fsp3) is 0.560. The van der Waals surface area contributed by atoms with Gasteiger partial charge in [-0.15, -0.1) is 11.8 Å². The molecule has 0 aromatic heterocycles. The summed E-state index contributed by atoms with van der Waals surface area (Å²) in [5.41, 5.74) is 0. The Morgan fingerprint density at radius 1 is 0.970 bits per heavy atom. The van der Waals surface area contributed by atoms with Gasteiger partial charge in [0.15, 0.2) is 0 Å². The quantitative estimate of drug-likeness (QED) is 0.122. The molecular weight excluding hydrogens is 442 g/mol. The number of hydrogen-bond donors (Lipinski definition) is 4. The second kappa shape index (κ2) is 20.3. The van der Waals surface area contributed by atoms with E-state index in [0.717, 1.165) is 12.8 Å². The number of aliphatic hydroxyl groups is 1.